The third kappa shape index (κ3) is 2.60. The van der Waals surface area contributed by atoms with Crippen molar-refractivity contribution in [2.75, 3.05) is 32.4 Å². The average Bonchev–Trinajstić information content (AvgIpc) is 3.17. The van der Waals surface area contributed by atoms with Gasteiger partial charge >= 0.3 is 6.03 Å². The van der Waals surface area contributed by atoms with Crippen molar-refractivity contribution in [1.29, 1.82) is 0 Å². The van der Waals surface area contributed by atoms with Gasteiger partial charge in [0, 0.05) is 43.3 Å². The van der Waals surface area contributed by atoms with Crippen molar-refractivity contribution in [3.8, 4) is 11.5 Å². The minimum atomic E-state index is -0.222. The molecule has 7 heteroatoms. The average molecular weight is 320 g/mol. The first-order valence-corrected chi connectivity index (χ1v) is 7.84. The summed E-state index contributed by atoms with van der Waals surface area (Å²) in [6.07, 6.45) is 1.20. The van der Waals surface area contributed by atoms with Crippen LogP contribution in [0.5, 0.6) is 11.5 Å². The zero-order chi connectivity index (χ0) is 15.8. The number of hydrogen-bond acceptors (Lipinski definition) is 5. The fourth-order valence-corrected chi connectivity index (χ4v) is 3.73. The summed E-state index contributed by atoms with van der Waals surface area (Å²) in [5, 5.41) is 5.90. The van der Waals surface area contributed by atoms with Gasteiger partial charge in [-0.15, -0.1) is 0 Å². The highest BCUT2D eigenvalue weighted by Gasteiger charge is 2.54. The van der Waals surface area contributed by atoms with E-state index >= 15 is 0 Å². The van der Waals surface area contributed by atoms with E-state index in [2.05, 4.69) is 10.6 Å². The lowest BCUT2D eigenvalue weighted by molar-refractivity contribution is -0.0798. The number of ether oxygens (including phenoxy) is 4. The Balaban J connectivity index is 1.38. The van der Waals surface area contributed by atoms with E-state index in [1.165, 1.54) is 0 Å². The molecule has 0 spiro atoms. The van der Waals surface area contributed by atoms with E-state index in [0.717, 1.165) is 13.0 Å². The van der Waals surface area contributed by atoms with E-state index in [1.54, 1.807) is 25.3 Å². The van der Waals surface area contributed by atoms with E-state index in [-0.39, 0.29) is 30.9 Å². The molecule has 4 atom stereocenters. The van der Waals surface area contributed by atoms with Crippen molar-refractivity contribution in [2.24, 2.45) is 11.8 Å². The minimum absolute atomic E-state index is 0.0939. The lowest BCUT2D eigenvalue weighted by Gasteiger charge is -2.47. The highest BCUT2D eigenvalue weighted by atomic mass is 16.7. The molecule has 2 N–H and O–H groups in total. The monoisotopic (exact) mass is 320 g/mol. The second-order valence-electron chi connectivity index (χ2n) is 6.10. The van der Waals surface area contributed by atoms with Gasteiger partial charge < -0.3 is 29.6 Å². The number of carbonyl (C=O) groups is 1. The largest absolute Gasteiger partial charge is 0.454 e. The third-order valence-electron chi connectivity index (χ3n) is 4.82. The first-order valence-electron chi connectivity index (χ1n) is 7.84. The molecule has 2 aliphatic heterocycles. The molecule has 124 valence electrons. The Hall–Kier alpha value is -1.99. The predicted octanol–water partition coefficient (Wildman–Crippen LogP) is 1.59. The van der Waals surface area contributed by atoms with E-state index < -0.39 is 0 Å². The standard InChI is InChI=1S/C16H20N2O5/c1-20-7-11-14(10-4-5-21-15(10)11)18-16(19)17-9-2-3-12-13(6-9)23-8-22-12/h2-3,6,10-11,14-15H,4-5,7-8H2,1H3,(H2,17,18,19)/t10-,11+,14+,15-/m0/s1. The Morgan fingerprint density at radius 2 is 2.22 bits per heavy atom. The smallest absolute Gasteiger partial charge is 0.319 e. The molecule has 0 bridgehead atoms. The van der Waals surface area contributed by atoms with Crippen LogP contribution in [0.4, 0.5) is 10.5 Å². The first-order chi connectivity index (χ1) is 11.3. The second kappa shape index (κ2) is 5.90. The number of urea groups is 1. The van der Waals surface area contributed by atoms with Crippen LogP contribution in [0.25, 0.3) is 0 Å². The van der Waals surface area contributed by atoms with Crippen molar-refractivity contribution in [3.63, 3.8) is 0 Å². The van der Waals surface area contributed by atoms with Crippen LogP contribution < -0.4 is 20.1 Å². The Kier molecular flexibility index (Phi) is 3.74. The summed E-state index contributed by atoms with van der Waals surface area (Å²) in [6, 6.07) is 5.21. The van der Waals surface area contributed by atoms with Crippen LogP contribution in [-0.2, 0) is 9.47 Å². The van der Waals surface area contributed by atoms with Crippen molar-refractivity contribution in [3.05, 3.63) is 18.2 Å². The summed E-state index contributed by atoms with van der Waals surface area (Å²) >= 11 is 0. The van der Waals surface area contributed by atoms with Crippen molar-refractivity contribution in [1.82, 2.24) is 5.32 Å². The first kappa shape index (κ1) is 14.6. The number of carbonyl (C=O) groups excluding carboxylic acids is 1. The van der Waals surface area contributed by atoms with Gasteiger partial charge in [0.2, 0.25) is 6.79 Å². The van der Waals surface area contributed by atoms with Crippen LogP contribution in [0, 0.1) is 11.8 Å². The van der Waals surface area contributed by atoms with Crippen LogP contribution >= 0.6 is 0 Å². The fourth-order valence-electron chi connectivity index (χ4n) is 3.73. The topological polar surface area (TPSA) is 78.1 Å². The molecule has 23 heavy (non-hydrogen) atoms. The molecular formula is C16H20N2O5. The summed E-state index contributed by atoms with van der Waals surface area (Å²) in [6.45, 7) is 1.57. The van der Waals surface area contributed by atoms with Crippen LogP contribution in [0.2, 0.25) is 0 Å². The molecule has 0 unspecified atom stereocenters. The molecule has 1 saturated carbocycles. The van der Waals surface area contributed by atoms with Gasteiger partial charge in [-0.2, -0.15) is 0 Å². The van der Waals surface area contributed by atoms with E-state index in [1.807, 2.05) is 0 Å². The predicted molar refractivity (Wildman–Crippen MR) is 81.7 cm³/mol. The Labute approximate surface area is 134 Å². The van der Waals surface area contributed by atoms with Gasteiger partial charge in [-0.05, 0) is 18.6 Å². The van der Waals surface area contributed by atoms with Crippen LogP contribution in [0.3, 0.4) is 0 Å². The van der Waals surface area contributed by atoms with Gasteiger partial charge in [0.25, 0.3) is 0 Å². The number of fused-ring (bicyclic) bond motifs is 2. The Morgan fingerprint density at radius 1 is 1.35 bits per heavy atom. The number of hydrogen-bond donors (Lipinski definition) is 2. The number of anilines is 1. The molecule has 1 saturated heterocycles. The summed E-state index contributed by atoms with van der Waals surface area (Å²) in [7, 11) is 1.67. The summed E-state index contributed by atoms with van der Waals surface area (Å²) in [5.74, 6) is 1.95. The highest BCUT2D eigenvalue weighted by Crippen LogP contribution is 2.43. The van der Waals surface area contributed by atoms with E-state index in [9.17, 15) is 4.79 Å². The van der Waals surface area contributed by atoms with Gasteiger partial charge in [0.05, 0.1) is 12.7 Å². The highest BCUT2D eigenvalue weighted by molar-refractivity contribution is 5.90. The van der Waals surface area contributed by atoms with Gasteiger partial charge in [0.1, 0.15) is 0 Å². The molecule has 0 radical (unpaired) electrons. The molecule has 3 aliphatic rings. The fraction of sp³-hybridized carbons (Fsp3) is 0.562. The van der Waals surface area contributed by atoms with E-state index in [0.29, 0.717) is 29.7 Å². The van der Waals surface area contributed by atoms with Crippen LogP contribution in [0.1, 0.15) is 6.42 Å². The van der Waals surface area contributed by atoms with E-state index in [4.69, 9.17) is 18.9 Å². The molecule has 4 rings (SSSR count). The van der Waals surface area contributed by atoms with Crippen molar-refractivity contribution in [2.45, 2.75) is 18.6 Å². The van der Waals surface area contributed by atoms with Gasteiger partial charge in [-0.3, -0.25) is 0 Å². The molecule has 2 heterocycles. The minimum Gasteiger partial charge on any atom is -0.454 e. The number of methoxy groups -OCH3 is 1. The third-order valence-corrected chi connectivity index (χ3v) is 4.82. The molecule has 1 aromatic carbocycles. The normalized spacial score (nSPS) is 30.5. The molecule has 2 amide bonds. The zero-order valence-electron chi connectivity index (χ0n) is 12.9. The maximum atomic E-state index is 12.3. The quantitative estimate of drug-likeness (QED) is 0.881. The number of nitrogens with one attached hydrogen (secondary N) is 2. The zero-order valence-corrected chi connectivity index (χ0v) is 12.9. The maximum Gasteiger partial charge on any atom is 0.319 e. The summed E-state index contributed by atoms with van der Waals surface area (Å²) in [5.41, 5.74) is 0.675. The Morgan fingerprint density at radius 3 is 3.09 bits per heavy atom. The lowest BCUT2D eigenvalue weighted by Crippen LogP contribution is -2.63. The molecule has 2 fully saturated rings. The van der Waals surface area contributed by atoms with Crippen LogP contribution in [-0.4, -0.2) is 45.3 Å². The van der Waals surface area contributed by atoms with Crippen molar-refractivity contribution < 1.29 is 23.7 Å². The van der Waals surface area contributed by atoms with Gasteiger partial charge in [-0.1, -0.05) is 0 Å². The maximum absolute atomic E-state index is 12.3. The number of rotatable bonds is 4. The second-order valence-corrected chi connectivity index (χ2v) is 6.10. The molecule has 1 aliphatic carbocycles. The molecule has 1 aromatic rings. The molecule has 0 aromatic heterocycles. The van der Waals surface area contributed by atoms with Crippen molar-refractivity contribution >= 4 is 11.7 Å². The SMILES string of the molecule is COC[C@@H]1[C@H](NC(=O)Nc2ccc3c(c2)OCO3)[C@@H]2CCO[C@H]12. The summed E-state index contributed by atoms with van der Waals surface area (Å²) in [4.78, 5) is 12.3. The summed E-state index contributed by atoms with van der Waals surface area (Å²) < 4.78 is 21.5. The van der Waals surface area contributed by atoms with Gasteiger partial charge in [0.15, 0.2) is 11.5 Å². The van der Waals surface area contributed by atoms with Crippen LogP contribution in [0.15, 0.2) is 18.2 Å². The number of amides is 2. The van der Waals surface area contributed by atoms with Gasteiger partial charge in [-0.25, -0.2) is 4.79 Å². The lowest BCUT2D eigenvalue weighted by atomic mass is 9.67. The molecular weight excluding hydrogens is 300 g/mol. The number of benzene rings is 1. The molecule has 7 nitrogen and oxygen atoms in total. The Bertz CT molecular complexity index is 608.